The fourth-order valence-electron chi connectivity index (χ4n) is 2.72. The second kappa shape index (κ2) is 5.49. The lowest BCUT2D eigenvalue weighted by atomic mass is 10.0. The molecule has 4 nitrogen and oxygen atoms in total. The summed E-state index contributed by atoms with van der Waals surface area (Å²) in [5.74, 6) is 0.177. The highest BCUT2D eigenvalue weighted by Gasteiger charge is 2.20. The van der Waals surface area contributed by atoms with E-state index in [9.17, 15) is 4.79 Å². The van der Waals surface area contributed by atoms with Crippen LogP contribution in [-0.2, 0) is 4.79 Å². The number of pyridine rings is 1. The lowest BCUT2D eigenvalue weighted by Crippen LogP contribution is -2.41. The third kappa shape index (κ3) is 2.74. The number of nitrogens with one attached hydrogen (secondary N) is 1. The fourth-order valence-corrected chi connectivity index (χ4v) is 2.72. The Morgan fingerprint density at radius 3 is 2.80 bits per heavy atom. The molecule has 2 aromatic rings. The van der Waals surface area contributed by atoms with Gasteiger partial charge in [-0.2, -0.15) is 0 Å². The van der Waals surface area contributed by atoms with Gasteiger partial charge in [0.2, 0.25) is 5.91 Å². The van der Waals surface area contributed by atoms with Crippen LogP contribution in [0.25, 0.3) is 10.9 Å². The average Bonchev–Trinajstić information content (AvgIpc) is 2.48. The summed E-state index contributed by atoms with van der Waals surface area (Å²) in [5.41, 5.74) is 2.08. The molecule has 0 spiro atoms. The number of likely N-dealkylation sites (tertiary alicyclic amines) is 1. The molecule has 1 saturated heterocycles. The van der Waals surface area contributed by atoms with Gasteiger partial charge in [0.1, 0.15) is 0 Å². The summed E-state index contributed by atoms with van der Waals surface area (Å²) in [5, 5.41) is 4.68. The third-order valence-electron chi connectivity index (χ3n) is 3.90. The number of benzene rings is 1. The minimum absolute atomic E-state index is 0.177. The van der Waals surface area contributed by atoms with Gasteiger partial charge in [-0.3, -0.25) is 9.78 Å². The van der Waals surface area contributed by atoms with Crippen molar-refractivity contribution in [2.24, 2.45) is 0 Å². The first kappa shape index (κ1) is 12.9. The number of carbonyl (C=O) groups is 1. The van der Waals surface area contributed by atoms with Gasteiger partial charge < -0.3 is 10.2 Å². The highest BCUT2D eigenvalue weighted by Crippen LogP contribution is 2.20. The molecule has 0 unspecified atom stereocenters. The molecular weight excluding hydrogens is 250 g/mol. The van der Waals surface area contributed by atoms with Crippen LogP contribution < -0.4 is 5.32 Å². The van der Waals surface area contributed by atoms with E-state index in [-0.39, 0.29) is 5.91 Å². The number of hydrogen-bond donors (Lipinski definition) is 1. The van der Waals surface area contributed by atoms with Gasteiger partial charge >= 0.3 is 0 Å². The van der Waals surface area contributed by atoms with Gasteiger partial charge in [-0.15, -0.1) is 0 Å². The van der Waals surface area contributed by atoms with Crippen LogP contribution in [0.1, 0.15) is 19.8 Å². The van der Waals surface area contributed by atoms with E-state index in [2.05, 4.69) is 22.4 Å². The van der Waals surface area contributed by atoms with E-state index in [1.54, 1.807) is 6.92 Å². The van der Waals surface area contributed by atoms with Crippen molar-refractivity contribution in [3.05, 3.63) is 36.5 Å². The largest absolute Gasteiger partial charge is 0.381 e. The van der Waals surface area contributed by atoms with Crippen molar-refractivity contribution >= 4 is 22.5 Å². The molecule has 3 rings (SSSR count). The molecule has 1 aliphatic heterocycles. The average molecular weight is 269 g/mol. The van der Waals surface area contributed by atoms with Crippen LogP contribution in [0.5, 0.6) is 0 Å². The maximum absolute atomic E-state index is 11.3. The smallest absolute Gasteiger partial charge is 0.219 e. The minimum Gasteiger partial charge on any atom is -0.381 e. The summed E-state index contributed by atoms with van der Waals surface area (Å²) >= 11 is 0. The van der Waals surface area contributed by atoms with Gasteiger partial charge in [0.15, 0.2) is 0 Å². The molecule has 1 amide bonds. The van der Waals surface area contributed by atoms with Crippen molar-refractivity contribution in [2.45, 2.75) is 25.8 Å². The molecule has 20 heavy (non-hydrogen) atoms. The number of fused-ring (bicyclic) bond motifs is 1. The Kier molecular flexibility index (Phi) is 3.54. The van der Waals surface area contributed by atoms with Crippen LogP contribution in [0.15, 0.2) is 36.5 Å². The second-order valence-electron chi connectivity index (χ2n) is 5.34. The van der Waals surface area contributed by atoms with Gasteiger partial charge in [0, 0.05) is 31.4 Å². The monoisotopic (exact) mass is 269 g/mol. The van der Waals surface area contributed by atoms with Crippen molar-refractivity contribution in [3.63, 3.8) is 0 Å². The van der Waals surface area contributed by atoms with Gasteiger partial charge in [-0.25, -0.2) is 0 Å². The molecular formula is C16H19N3O. The highest BCUT2D eigenvalue weighted by molar-refractivity contribution is 5.81. The van der Waals surface area contributed by atoms with Crippen molar-refractivity contribution in [1.82, 2.24) is 9.88 Å². The predicted octanol–water partition coefficient (Wildman–Crippen LogP) is 2.66. The van der Waals surface area contributed by atoms with E-state index in [4.69, 9.17) is 0 Å². The van der Waals surface area contributed by atoms with Crippen molar-refractivity contribution in [2.75, 3.05) is 18.4 Å². The summed E-state index contributed by atoms with van der Waals surface area (Å²) in [7, 11) is 0. The van der Waals surface area contributed by atoms with E-state index < -0.39 is 0 Å². The number of anilines is 1. The van der Waals surface area contributed by atoms with Crippen molar-refractivity contribution in [3.8, 4) is 0 Å². The SMILES string of the molecule is CC(=O)N1CCC(Nc2cnc3ccccc3c2)CC1. The van der Waals surface area contributed by atoms with Crippen LogP contribution in [0, 0.1) is 0 Å². The van der Waals surface area contributed by atoms with Gasteiger partial charge in [-0.1, -0.05) is 18.2 Å². The molecule has 104 valence electrons. The summed E-state index contributed by atoms with van der Waals surface area (Å²) < 4.78 is 0. The number of amides is 1. The Bertz CT molecular complexity index is 618. The minimum atomic E-state index is 0.177. The lowest BCUT2D eigenvalue weighted by Gasteiger charge is -2.32. The maximum atomic E-state index is 11.3. The quantitative estimate of drug-likeness (QED) is 0.911. The zero-order valence-electron chi connectivity index (χ0n) is 11.7. The van der Waals surface area contributed by atoms with E-state index in [0.29, 0.717) is 6.04 Å². The third-order valence-corrected chi connectivity index (χ3v) is 3.90. The molecule has 0 atom stereocenters. The van der Waals surface area contributed by atoms with E-state index in [1.165, 1.54) is 0 Å². The van der Waals surface area contributed by atoms with Gasteiger partial charge in [0.05, 0.1) is 17.4 Å². The molecule has 1 aromatic carbocycles. The number of rotatable bonds is 2. The topological polar surface area (TPSA) is 45.2 Å². The summed E-state index contributed by atoms with van der Waals surface area (Å²) in [6.07, 6.45) is 3.87. The molecule has 0 saturated carbocycles. The zero-order chi connectivity index (χ0) is 13.9. The number of para-hydroxylation sites is 1. The van der Waals surface area contributed by atoms with Crippen molar-refractivity contribution < 1.29 is 4.79 Å². The number of hydrogen-bond acceptors (Lipinski definition) is 3. The van der Waals surface area contributed by atoms with Gasteiger partial charge in [-0.05, 0) is 25.0 Å². The van der Waals surface area contributed by atoms with Crippen LogP contribution in [0.3, 0.4) is 0 Å². The molecule has 0 bridgehead atoms. The standard InChI is InChI=1S/C16H19N3O/c1-12(20)19-8-6-14(7-9-19)18-15-10-13-4-2-3-5-16(13)17-11-15/h2-5,10-11,14,18H,6-9H2,1H3. The van der Waals surface area contributed by atoms with E-state index >= 15 is 0 Å². The Morgan fingerprint density at radius 1 is 1.30 bits per heavy atom. The molecule has 1 aliphatic rings. The molecule has 0 radical (unpaired) electrons. The first-order valence-electron chi connectivity index (χ1n) is 7.09. The Balaban J connectivity index is 1.66. The van der Waals surface area contributed by atoms with Crippen LogP contribution in [0.4, 0.5) is 5.69 Å². The lowest BCUT2D eigenvalue weighted by molar-refractivity contribution is -0.129. The summed E-state index contributed by atoms with van der Waals surface area (Å²) in [6.45, 7) is 3.32. The van der Waals surface area contributed by atoms with Gasteiger partial charge in [0.25, 0.3) is 0 Å². The number of nitrogens with zero attached hydrogens (tertiary/aromatic N) is 2. The summed E-state index contributed by atoms with van der Waals surface area (Å²) in [4.78, 5) is 17.7. The normalized spacial score (nSPS) is 16.4. The Hall–Kier alpha value is -2.10. The van der Waals surface area contributed by atoms with Crippen molar-refractivity contribution in [1.29, 1.82) is 0 Å². The molecule has 1 N–H and O–H groups in total. The Morgan fingerprint density at radius 2 is 2.05 bits per heavy atom. The highest BCUT2D eigenvalue weighted by atomic mass is 16.2. The molecule has 2 heterocycles. The first-order chi connectivity index (χ1) is 9.72. The van der Waals surface area contributed by atoms with Crippen LogP contribution in [0.2, 0.25) is 0 Å². The fraction of sp³-hybridized carbons (Fsp3) is 0.375. The predicted molar refractivity (Wildman–Crippen MR) is 80.6 cm³/mol. The van der Waals surface area contributed by atoms with Crippen LogP contribution >= 0.6 is 0 Å². The molecule has 1 aromatic heterocycles. The van der Waals surface area contributed by atoms with E-state index in [1.807, 2.05) is 29.3 Å². The molecule has 0 aliphatic carbocycles. The maximum Gasteiger partial charge on any atom is 0.219 e. The molecule has 4 heteroatoms. The number of carbonyl (C=O) groups excluding carboxylic acids is 1. The second-order valence-corrected chi connectivity index (χ2v) is 5.34. The number of piperidine rings is 1. The molecule has 1 fully saturated rings. The van der Waals surface area contributed by atoms with E-state index in [0.717, 1.165) is 42.5 Å². The number of aromatic nitrogens is 1. The first-order valence-corrected chi connectivity index (χ1v) is 7.09. The summed E-state index contributed by atoms with van der Waals surface area (Å²) in [6, 6.07) is 10.7. The Labute approximate surface area is 118 Å². The zero-order valence-corrected chi connectivity index (χ0v) is 11.7. The van der Waals surface area contributed by atoms with Crippen LogP contribution in [-0.4, -0.2) is 34.9 Å².